The van der Waals surface area contributed by atoms with Crippen molar-refractivity contribution in [1.29, 1.82) is 0 Å². The number of para-hydroxylation sites is 1. The average Bonchev–Trinajstić information content (AvgIpc) is 3.01. The Morgan fingerprint density at radius 2 is 1.86 bits per heavy atom. The highest BCUT2D eigenvalue weighted by atomic mass is 32.2. The molecule has 1 aliphatic rings. The van der Waals surface area contributed by atoms with Gasteiger partial charge in [0.15, 0.2) is 0 Å². The van der Waals surface area contributed by atoms with E-state index in [0.717, 1.165) is 6.07 Å². The SMILES string of the molecule is CC(C)OC(=O)CN1C(=O)S/C(=C/c2ccccc2Oc2ccc(C(F)(F)F)cc2[N+](=O)[O-])C1=O. The Bertz CT molecular complexity index is 1230. The molecule has 13 heteroatoms. The molecule has 1 aliphatic heterocycles. The Morgan fingerprint density at radius 3 is 2.49 bits per heavy atom. The molecule has 1 heterocycles. The Kier molecular flexibility index (Phi) is 7.48. The van der Waals surface area contributed by atoms with E-state index < -0.39 is 57.9 Å². The Balaban J connectivity index is 1.89. The van der Waals surface area contributed by atoms with Gasteiger partial charge >= 0.3 is 17.8 Å². The monoisotopic (exact) mass is 510 g/mol. The highest BCUT2D eigenvalue weighted by molar-refractivity contribution is 8.18. The van der Waals surface area contributed by atoms with Crippen molar-refractivity contribution in [2.75, 3.05) is 6.54 Å². The van der Waals surface area contributed by atoms with Crippen LogP contribution in [0.4, 0.5) is 23.7 Å². The molecule has 9 nitrogen and oxygen atoms in total. The van der Waals surface area contributed by atoms with Crippen LogP contribution in [0, 0.1) is 10.1 Å². The van der Waals surface area contributed by atoms with E-state index in [2.05, 4.69) is 0 Å². The predicted molar refractivity (Wildman–Crippen MR) is 119 cm³/mol. The molecular formula is C22H17F3N2O7S. The molecule has 0 spiro atoms. The lowest BCUT2D eigenvalue weighted by molar-refractivity contribution is -0.385. The first kappa shape index (κ1) is 25.7. The molecular weight excluding hydrogens is 493 g/mol. The van der Waals surface area contributed by atoms with Crippen molar-refractivity contribution in [1.82, 2.24) is 4.90 Å². The number of alkyl halides is 3. The van der Waals surface area contributed by atoms with Crippen LogP contribution in [0.1, 0.15) is 25.0 Å². The maximum Gasteiger partial charge on any atom is 0.416 e. The molecule has 2 aromatic carbocycles. The lowest BCUT2D eigenvalue weighted by Gasteiger charge is -2.13. The van der Waals surface area contributed by atoms with Gasteiger partial charge in [-0.05, 0) is 49.9 Å². The van der Waals surface area contributed by atoms with Crippen molar-refractivity contribution in [2.24, 2.45) is 0 Å². The van der Waals surface area contributed by atoms with E-state index in [0.29, 0.717) is 28.8 Å². The Morgan fingerprint density at radius 1 is 1.17 bits per heavy atom. The second-order valence-corrected chi connectivity index (χ2v) is 8.38. The van der Waals surface area contributed by atoms with Crippen LogP contribution in [0.5, 0.6) is 11.5 Å². The van der Waals surface area contributed by atoms with E-state index in [1.54, 1.807) is 19.9 Å². The Hall–Kier alpha value is -3.87. The minimum atomic E-state index is -4.79. The molecule has 2 aromatic rings. The Labute approximate surface area is 200 Å². The van der Waals surface area contributed by atoms with Gasteiger partial charge < -0.3 is 9.47 Å². The summed E-state index contributed by atoms with van der Waals surface area (Å²) >= 11 is 0.567. The van der Waals surface area contributed by atoms with Crippen LogP contribution < -0.4 is 4.74 Å². The van der Waals surface area contributed by atoms with Crippen LogP contribution in [0.15, 0.2) is 47.4 Å². The third-order valence-corrected chi connectivity index (χ3v) is 5.34. The fraction of sp³-hybridized carbons (Fsp3) is 0.227. The molecule has 0 atom stereocenters. The zero-order chi connectivity index (χ0) is 25.9. The van der Waals surface area contributed by atoms with E-state index >= 15 is 0 Å². The number of carbonyl (C=O) groups excluding carboxylic acids is 3. The van der Waals surface area contributed by atoms with E-state index in [1.165, 1.54) is 24.3 Å². The van der Waals surface area contributed by atoms with Crippen molar-refractivity contribution in [3.63, 3.8) is 0 Å². The molecule has 3 rings (SSSR count). The van der Waals surface area contributed by atoms with Gasteiger partial charge in [-0.25, -0.2) is 0 Å². The standard InChI is InChI=1S/C22H17F3N2O7S/c1-12(2)33-19(28)11-26-20(29)18(35-21(26)30)9-13-5-3-4-6-16(13)34-17-8-7-14(22(23,24)25)10-15(17)27(31)32/h3-10,12H,11H2,1-2H3/b18-9+. The van der Waals surface area contributed by atoms with Gasteiger partial charge in [-0.1, -0.05) is 18.2 Å². The quantitative estimate of drug-likeness (QED) is 0.211. The number of nitrogens with zero attached hydrogens (tertiary/aromatic N) is 2. The van der Waals surface area contributed by atoms with Gasteiger partial charge in [-0.3, -0.25) is 29.4 Å². The maximum atomic E-state index is 13.0. The van der Waals surface area contributed by atoms with Gasteiger partial charge in [0.2, 0.25) is 5.75 Å². The molecule has 1 saturated heterocycles. The predicted octanol–water partition coefficient (Wildman–Crippen LogP) is 5.39. The number of hydrogen-bond acceptors (Lipinski definition) is 8. The van der Waals surface area contributed by atoms with Crippen molar-refractivity contribution in [3.8, 4) is 11.5 Å². The minimum absolute atomic E-state index is 0.0126. The van der Waals surface area contributed by atoms with Crippen molar-refractivity contribution in [2.45, 2.75) is 26.1 Å². The van der Waals surface area contributed by atoms with Crippen LogP contribution in [0.2, 0.25) is 0 Å². The average molecular weight is 510 g/mol. The van der Waals surface area contributed by atoms with Crippen molar-refractivity contribution >= 4 is 40.6 Å². The van der Waals surface area contributed by atoms with Crippen LogP contribution in [0.3, 0.4) is 0 Å². The largest absolute Gasteiger partial charge is 0.462 e. The second-order valence-electron chi connectivity index (χ2n) is 7.38. The molecule has 0 bridgehead atoms. The molecule has 0 N–H and O–H groups in total. The number of benzene rings is 2. The molecule has 0 radical (unpaired) electrons. The van der Waals surface area contributed by atoms with Gasteiger partial charge in [0, 0.05) is 11.6 Å². The summed E-state index contributed by atoms with van der Waals surface area (Å²) in [6.45, 7) is 2.66. The van der Waals surface area contributed by atoms with Gasteiger partial charge in [-0.2, -0.15) is 13.2 Å². The topological polar surface area (TPSA) is 116 Å². The number of rotatable bonds is 7. The zero-order valence-electron chi connectivity index (χ0n) is 18.2. The number of nitro groups is 1. The number of amides is 2. The molecule has 184 valence electrons. The molecule has 0 saturated carbocycles. The summed E-state index contributed by atoms with van der Waals surface area (Å²) in [5.74, 6) is -1.98. The second kappa shape index (κ2) is 10.2. The summed E-state index contributed by atoms with van der Waals surface area (Å²) in [6, 6.07) is 7.77. The first-order chi connectivity index (χ1) is 16.4. The number of esters is 1. The summed E-state index contributed by atoms with van der Waals surface area (Å²) < 4.78 is 49.3. The number of thioether (sulfide) groups is 1. The highest BCUT2D eigenvalue weighted by Gasteiger charge is 2.37. The first-order valence-corrected chi connectivity index (χ1v) is 10.8. The first-order valence-electron chi connectivity index (χ1n) is 9.94. The summed E-state index contributed by atoms with van der Waals surface area (Å²) in [6.07, 6.45) is -3.94. The fourth-order valence-corrected chi connectivity index (χ4v) is 3.77. The number of ether oxygens (including phenoxy) is 2. The van der Waals surface area contributed by atoms with Crippen molar-refractivity contribution in [3.05, 3.63) is 68.6 Å². The molecule has 35 heavy (non-hydrogen) atoms. The van der Waals surface area contributed by atoms with Gasteiger partial charge in [0.05, 0.1) is 21.5 Å². The minimum Gasteiger partial charge on any atom is -0.462 e. The van der Waals surface area contributed by atoms with Crippen molar-refractivity contribution < 1.29 is 42.0 Å². The number of halogens is 3. The molecule has 0 aliphatic carbocycles. The lowest BCUT2D eigenvalue weighted by Crippen LogP contribution is -2.35. The van der Waals surface area contributed by atoms with E-state index in [9.17, 15) is 37.7 Å². The van der Waals surface area contributed by atoms with E-state index in [1.807, 2.05) is 0 Å². The number of carbonyl (C=O) groups is 3. The summed E-state index contributed by atoms with van der Waals surface area (Å²) in [4.78, 5) is 47.7. The van der Waals surface area contributed by atoms with Crippen LogP contribution in [-0.2, 0) is 20.5 Å². The molecule has 0 unspecified atom stereocenters. The number of nitro benzene ring substituents is 1. The van der Waals surface area contributed by atoms with Crippen LogP contribution >= 0.6 is 11.8 Å². The third kappa shape index (κ3) is 6.18. The van der Waals surface area contributed by atoms with E-state index in [4.69, 9.17) is 9.47 Å². The number of imide groups is 1. The smallest absolute Gasteiger partial charge is 0.416 e. The van der Waals surface area contributed by atoms with Gasteiger partial charge in [0.1, 0.15) is 12.3 Å². The number of hydrogen-bond donors (Lipinski definition) is 0. The fourth-order valence-electron chi connectivity index (χ4n) is 2.94. The normalized spacial score (nSPS) is 15.1. The summed E-state index contributed by atoms with van der Waals surface area (Å²) in [5.41, 5.74) is -1.90. The maximum absolute atomic E-state index is 13.0. The van der Waals surface area contributed by atoms with Crippen LogP contribution in [-0.4, -0.2) is 39.6 Å². The lowest BCUT2D eigenvalue weighted by atomic mass is 10.1. The molecule has 1 fully saturated rings. The zero-order valence-corrected chi connectivity index (χ0v) is 19.0. The van der Waals surface area contributed by atoms with E-state index in [-0.39, 0.29) is 16.2 Å². The molecule has 2 amide bonds. The van der Waals surface area contributed by atoms with Gasteiger partial charge in [0.25, 0.3) is 11.1 Å². The highest BCUT2D eigenvalue weighted by Crippen LogP contribution is 2.40. The van der Waals surface area contributed by atoms with Gasteiger partial charge in [-0.15, -0.1) is 0 Å². The summed E-state index contributed by atoms with van der Waals surface area (Å²) in [7, 11) is 0. The van der Waals surface area contributed by atoms with Crippen LogP contribution in [0.25, 0.3) is 6.08 Å². The summed E-state index contributed by atoms with van der Waals surface area (Å²) in [5, 5.41) is 10.6. The molecule has 0 aromatic heterocycles. The third-order valence-electron chi connectivity index (χ3n) is 4.44.